The smallest absolute Gasteiger partial charge is 0.274 e. The average molecular weight is 463 g/mol. The van der Waals surface area contributed by atoms with Crippen LogP contribution in [0.3, 0.4) is 0 Å². The number of hydrogen-bond acceptors (Lipinski definition) is 5. The second-order valence-electron chi connectivity index (χ2n) is 8.66. The van der Waals surface area contributed by atoms with Gasteiger partial charge in [-0.2, -0.15) is 5.10 Å². The monoisotopic (exact) mass is 462 g/mol. The van der Waals surface area contributed by atoms with E-state index in [-0.39, 0.29) is 17.4 Å². The van der Waals surface area contributed by atoms with E-state index < -0.39 is 0 Å². The van der Waals surface area contributed by atoms with Crippen LogP contribution in [0.5, 0.6) is 0 Å². The third-order valence-corrected chi connectivity index (χ3v) is 6.11. The van der Waals surface area contributed by atoms with Crippen LogP contribution in [0.15, 0.2) is 53.8 Å². The number of halogens is 1. The Bertz CT molecular complexity index is 1190. The summed E-state index contributed by atoms with van der Waals surface area (Å²) >= 11 is 0. The zero-order valence-electron chi connectivity index (χ0n) is 20.2. The summed E-state index contributed by atoms with van der Waals surface area (Å²) in [5, 5.41) is 7.10. The standard InChI is InChI=1S/C26H31FN6O/c1-5-28-25(22-15-23(24(27)14-18(22)2)19-16-29-32(4)17-19)26(34)30-20-6-8-21(9-7-20)33-12-10-31(3)11-13-33/h6-9,14-17H,5,10-13H2,1-4H3,(H,30,34). The zero-order chi connectivity index (χ0) is 24.2. The van der Waals surface area contributed by atoms with E-state index >= 15 is 0 Å². The number of anilines is 2. The van der Waals surface area contributed by atoms with Crippen molar-refractivity contribution in [2.75, 3.05) is 50.0 Å². The summed E-state index contributed by atoms with van der Waals surface area (Å²) in [6, 6.07) is 11.0. The van der Waals surface area contributed by atoms with E-state index in [1.165, 1.54) is 6.07 Å². The molecule has 1 aliphatic heterocycles. The molecule has 1 fully saturated rings. The number of piperazine rings is 1. The van der Waals surface area contributed by atoms with Gasteiger partial charge in [-0.25, -0.2) is 4.39 Å². The maximum atomic E-state index is 14.8. The Kier molecular flexibility index (Phi) is 7.07. The van der Waals surface area contributed by atoms with Crippen molar-refractivity contribution in [3.8, 4) is 11.1 Å². The largest absolute Gasteiger partial charge is 0.369 e. The van der Waals surface area contributed by atoms with Gasteiger partial charge < -0.3 is 15.1 Å². The first-order valence-corrected chi connectivity index (χ1v) is 11.5. The van der Waals surface area contributed by atoms with Crippen LogP contribution >= 0.6 is 0 Å². The van der Waals surface area contributed by atoms with Crippen LogP contribution in [0.2, 0.25) is 0 Å². The lowest BCUT2D eigenvalue weighted by Crippen LogP contribution is -2.44. The lowest BCUT2D eigenvalue weighted by molar-refractivity contribution is -0.110. The number of hydrogen-bond donors (Lipinski definition) is 1. The highest BCUT2D eigenvalue weighted by atomic mass is 19.1. The number of amides is 1. The van der Waals surface area contributed by atoms with Crippen LogP contribution < -0.4 is 10.2 Å². The topological polar surface area (TPSA) is 65.8 Å². The molecule has 1 saturated heterocycles. The molecule has 3 aromatic rings. The molecule has 0 aliphatic carbocycles. The second kappa shape index (κ2) is 10.2. The number of nitrogens with one attached hydrogen (secondary N) is 1. The van der Waals surface area contributed by atoms with Crippen molar-refractivity contribution < 1.29 is 9.18 Å². The van der Waals surface area contributed by atoms with Gasteiger partial charge in [-0.3, -0.25) is 14.5 Å². The van der Waals surface area contributed by atoms with Crippen molar-refractivity contribution >= 4 is 23.0 Å². The maximum absolute atomic E-state index is 14.8. The first kappa shape index (κ1) is 23.6. The molecule has 1 amide bonds. The maximum Gasteiger partial charge on any atom is 0.274 e. The van der Waals surface area contributed by atoms with Crippen LogP contribution in [-0.2, 0) is 11.8 Å². The first-order valence-electron chi connectivity index (χ1n) is 11.5. The normalized spacial score (nSPS) is 15.0. The van der Waals surface area contributed by atoms with Gasteiger partial charge in [-0.15, -0.1) is 0 Å². The fraction of sp³-hybridized carbons (Fsp3) is 0.346. The van der Waals surface area contributed by atoms with Gasteiger partial charge in [0, 0.05) is 74.0 Å². The van der Waals surface area contributed by atoms with Gasteiger partial charge in [0.05, 0.1) is 6.20 Å². The molecule has 4 rings (SSSR count). The molecular formula is C26H31FN6O. The third kappa shape index (κ3) is 5.17. The molecule has 8 heteroatoms. The van der Waals surface area contributed by atoms with E-state index in [2.05, 4.69) is 32.3 Å². The predicted molar refractivity (Wildman–Crippen MR) is 135 cm³/mol. The van der Waals surface area contributed by atoms with Gasteiger partial charge in [-0.1, -0.05) is 0 Å². The Morgan fingerprint density at radius 2 is 1.82 bits per heavy atom. The molecule has 1 aromatic heterocycles. The minimum absolute atomic E-state index is 0.285. The molecule has 1 aliphatic rings. The Hall–Kier alpha value is -3.52. The lowest BCUT2D eigenvalue weighted by Gasteiger charge is -2.34. The number of aryl methyl sites for hydroxylation is 2. The molecule has 34 heavy (non-hydrogen) atoms. The molecule has 0 unspecified atom stereocenters. The average Bonchev–Trinajstić information content (AvgIpc) is 3.25. The van der Waals surface area contributed by atoms with Crippen LogP contribution in [0.1, 0.15) is 18.1 Å². The molecule has 2 aromatic carbocycles. The summed E-state index contributed by atoms with van der Waals surface area (Å²) in [6.07, 6.45) is 3.35. The van der Waals surface area contributed by atoms with Crippen LogP contribution in [0.25, 0.3) is 11.1 Å². The number of aliphatic imine (C=N–C) groups is 1. The van der Waals surface area contributed by atoms with E-state index in [1.807, 2.05) is 31.2 Å². The van der Waals surface area contributed by atoms with Crippen LogP contribution in [0, 0.1) is 12.7 Å². The fourth-order valence-electron chi connectivity index (χ4n) is 4.16. The SMILES string of the molecule is CCN=C(C(=O)Nc1ccc(N2CCN(C)CC2)cc1)c1cc(-c2cnn(C)c2)c(F)cc1C. The van der Waals surface area contributed by atoms with Gasteiger partial charge in [0.15, 0.2) is 0 Å². The van der Waals surface area contributed by atoms with Gasteiger partial charge >= 0.3 is 0 Å². The minimum Gasteiger partial charge on any atom is -0.369 e. The number of benzene rings is 2. The van der Waals surface area contributed by atoms with Crippen molar-refractivity contribution in [3.05, 3.63) is 65.7 Å². The summed E-state index contributed by atoms with van der Waals surface area (Å²) < 4.78 is 16.4. The third-order valence-electron chi connectivity index (χ3n) is 6.11. The van der Waals surface area contributed by atoms with Gasteiger partial charge in [-0.05, 0) is 62.9 Å². The molecule has 0 radical (unpaired) electrons. The van der Waals surface area contributed by atoms with E-state index in [9.17, 15) is 9.18 Å². The number of likely N-dealkylation sites (N-methyl/N-ethyl adjacent to an activating group) is 1. The fourth-order valence-corrected chi connectivity index (χ4v) is 4.16. The molecule has 0 atom stereocenters. The summed E-state index contributed by atoms with van der Waals surface area (Å²) in [4.78, 5) is 22.4. The van der Waals surface area contributed by atoms with Crippen LogP contribution in [-0.4, -0.2) is 66.1 Å². The number of nitrogens with zero attached hydrogens (tertiary/aromatic N) is 5. The molecule has 0 spiro atoms. The lowest BCUT2D eigenvalue weighted by atomic mass is 9.97. The molecular weight excluding hydrogens is 431 g/mol. The van der Waals surface area contributed by atoms with E-state index in [0.717, 1.165) is 31.9 Å². The molecule has 2 heterocycles. The Morgan fingerprint density at radius 1 is 1.12 bits per heavy atom. The molecule has 178 valence electrons. The molecule has 0 saturated carbocycles. The van der Waals surface area contributed by atoms with Gasteiger partial charge in [0.25, 0.3) is 5.91 Å². The summed E-state index contributed by atoms with van der Waals surface area (Å²) in [5.41, 5.74) is 4.42. The minimum atomic E-state index is -0.356. The van der Waals surface area contributed by atoms with Crippen molar-refractivity contribution in [2.45, 2.75) is 13.8 Å². The van der Waals surface area contributed by atoms with Crippen molar-refractivity contribution in [1.29, 1.82) is 0 Å². The zero-order valence-corrected chi connectivity index (χ0v) is 20.2. The predicted octanol–water partition coefficient (Wildman–Crippen LogP) is 3.73. The van der Waals surface area contributed by atoms with E-state index in [1.54, 1.807) is 37.1 Å². The van der Waals surface area contributed by atoms with Crippen molar-refractivity contribution in [3.63, 3.8) is 0 Å². The van der Waals surface area contributed by atoms with Crippen molar-refractivity contribution in [1.82, 2.24) is 14.7 Å². The quantitative estimate of drug-likeness (QED) is 0.567. The first-order chi connectivity index (χ1) is 16.4. The number of carbonyl (C=O) groups is 1. The molecule has 0 bridgehead atoms. The number of carbonyl (C=O) groups excluding carboxylic acids is 1. The Labute approximate surface area is 199 Å². The van der Waals surface area contributed by atoms with Crippen LogP contribution in [0.4, 0.5) is 15.8 Å². The number of aromatic nitrogens is 2. The molecule has 1 N–H and O–H groups in total. The van der Waals surface area contributed by atoms with Gasteiger partial charge in [0.2, 0.25) is 0 Å². The highest BCUT2D eigenvalue weighted by Gasteiger charge is 2.20. The summed E-state index contributed by atoms with van der Waals surface area (Å²) in [6.45, 7) is 8.13. The van der Waals surface area contributed by atoms with Crippen molar-refractivity contribution in [2.24, 2.45) is 12.0 Å². The molecule has 7 nitrogen and oxygen atoms in total. The Morgan fingerprint density at radius 3 is 2.44 bits per heavy atom. The second-order valence-corrected chi connectivity index (χ2v) is 8.66. The number of rotatable bonds is 6. The Balaban J connectivity index is 1.56. The summed E-state index contributed by atoms with van der Waals surface area (Å²) in [5.74, 6) is -0.675. The highest BCUT2D eigenvalue weighted by Crippen LogP contribution is 2.27. The summed E-state index contributed by atoms with van der Waals surface area (Å²) in [7, 11) is 3.91. The highest BCUT2D eigenvalue weighted by molar-refractivity contribution is 6.49. The van der Waals surface area contributed by atoms with Gasteiger partial charge in [0.1, 0.15) is 11.5 Å². The van der Waals surface area contributed by atoms with E-state index in [0.29, 0.717) is 34.5 Å². The van der Waals surface area contributed by atoms with E-state index in [4.69, 9.17) is 0 Å².